The van der Waals surface area contributed by atoms with Crippen LogP contribution in [0, 0.1) is 83.1 Å². The zero-order valence-corrected chi connectivity index (χ0v) is 31.0. The first-order chi connectivity index (χ1) is 22.7. The highest BCUT2D eigenvalue weighted by atomic mass is 15.3. The largest absolute Gasteiger partial charge is 0.263 e. The van der Waals surface area contributed by atoms with Crippen LogP contribution in [0.25, 0.3) is 0 Å². The number of nitrogens with zero attached hydrogens (tertiary/aromatic N) is 4. The zero-order valence-electron chi connectivity index (χ0n) is 31.0. The summed E-state index contributed by atoms with van der Waals surface area (Å²) < 4.78 is 0. The molecule has 4 nitrogen and oxygen atoms in total. The number of benzene rings is 4. The lowest BCUT2D eigenvalue weighted by Gasteiger charge is -2.24. The maximum Gasteiger partial charge on any atom is 0.263 e. The predicted octanol–water partition coefficient (Wildman–Crippen LogP) is 6.79. The fraction of sp³-hybridized carbons (Fsp3) is 0.333. The summed E-state index contributed by atoms with van der Waals surface area (Å²) in [6, 6.07) is 18.4. The Hall–Kier alpha value is -4.31. The van der Waals surface area contributed by atoms with Gasteiger partial charge in [0, 0.05) is 24.1 Å². The molecule has 6 rings (SSSR count). The summed E-state index contributed by atoms with van der Waals surface area (Å²) in [7, 11) is 0. The van der Waals surface area contributed by atoms with Crippen molar-refractivity contribution in [2.45, 2.75) is 95.9 Å². The van der Waals surface area contributed by atoms with Crippen molar-refractivity contribution in [3.8, 4) is 0 Å². The van der Waals surface area contributed by atoms with E-state index in [9.17, 15) is 0 Å². The predicted molar refractivity (Wildman–Crippen MR) is 212 cm³/mol. The normalized spacial score (nSPS) is 14.2. The first-order valence-electron chi connectivity index (χ1n) is 17.3. The highest BCUT2D eigenvalue weighted by molar-refractivity contribution is 7.11. The smallest absolute Gasteiger partial charge is 0.168 e. The SMILES string of the molecule is Cc1cc(C)c(B(C2=NN=C(C3=NN=C(B(c4c(C)cc(C)cc4C)c4c(C)cc(C)cc4C)C3)C2)c2c(C)cc(C)cc2C)c(C)c1. The zero-order chi connectivity index (χ0) is 34.6. The van der Waals surface area contributed by atoms with Crippen LogP contribution in [-0.2, 0) is 0 Å². The molecule has 0 amide bonds. The van der Waals surface area contributed by atoms with E-state index in [2.05, 4.69) is 132 Å². The summed E-state index contributed by atoms with van der Waals surface area (Å²) in [5.74, 6) is 0. The summed E-state index contributed by atoms with van der Waals surface area (Å²) in [5, 5.41) is 19.6. The van der Waals surface area contributed by atoms with E-state index in [1.807, 2.05) is 0 Å². The van der Waals surface area contributed by atoms with E-state index in [4.69, 9.17) is 20.4 Å². The lowest BCUT2D eigenvalue weighted by atomic mass is 9.34. The van der Waals surface area contributed by atoms with E-state index in [1.165, 1.54) is 88.6 Å². The highest BCUT2D eigenvalue weighted by Crippen LogP contribution is 2.21. The van der Waals surface area contributed by atoms with Crippen LogP contribution in [0.15, 0.2) is 68.9 Å². The van der Waals surface area contributed by atoms with Gasteiger partial charge in [0.2, 0.25) is 0 Å². The van der Waals surface area contributed by atoms with Crippen LogP contribution in [0.4, 0.5) is 0 Å². The Bertz CT molecular complexity index is 1760. The van der Waals surface area contributed by atoms with Gasteiger partial charge in [-0.3, -0.25) is 0 Å². The van der Waals surface area contributed by atoms with Crippen LogP contribution in [0.2, 0.25) is 0 Å². The molecular formula is C42H48B2N4. The fourth-order valence-electron chi connectivity index (χ4n) is 8.91. The third-order valence-corrected chi connectivity index (χ3v) is 10.4. The molecule has 2 heterocycles. The van der Waals surface area contributed by atoms with E-state index < -0.39 is 0 Å². The topological polar surface area (TPSA) is 49.4 Å². The second-order valence-electron chi connectivity index (χ2n) is 14.7. The van der Waals surface area contributed by atoms with Crippen molar-refractivity contribution >= 4 is 57.9 Å². The van der Waals surface area contributed by atoms with Crippen molar-refractivity contribution in [1.82, 2.24) is 0 Å². The molecule has 242 valence electrons. The minimum absolute atomic E-state index is 0.0262. The Morgan fingerprint density at radius 1 is 0.333 bits per heavy atom. The van der Waals surface area contributed by atoms with E-state index in [1.54, 1.807) is 0 Å². The molecule has 0 N–H and O–H groups in total. The average molecular weight is 630 g/mol. The van der Waals surface area contributed by atoms with E-state index in [0.717, 1.165) is 22.6 Å². The minimum atomic E-state index is 0.0262. The van der Waals surface area contributed by atoms with Crippen LogP contribution >= 0.6 is 0 Å². The molecule has 4 aromatic rings. The van der Waals surface area contributed by atoms with Gasteiger partial charge in [0.15, 0.2) is 0 Å². The quantitative estimate of drug-likeness (QED) is 0.202. The molecule has 6 heteroatoms. The second-order valence-corrected chi connectivity index (χ2v) is 14.7. The molecule has 0 spiro atoms. The van der Waals surface area contributed by atoms with Gasteiger partial charge < -0.3 is 0 Å². The Balaban J connectivity index is 1.35. The first-order valence-corrected chi connectivity index (χ1v) is 17.3. The van der Waals surface area contributed by atoms with E-state index >= 15 is 0 Å². The maximum atomic E-state index is 4.96. The second kappa shape index (κ2) is 13.0. The summed E-state index contributed by atoms with van der Waals surface area (Å²) in [6.45, 7) is 26.7. The van der Waals surface area contributed by atoms with Gasteiger partial charge in [-0.1, -0.05) is 137 Å². The van der Waals surface area contributed by atoms with Gasteiger partial charge in [-0.05, 0) is 83.1 Å². The van der Waals surface area contributed by atoms with Crippen molar-refractivity contribution in [2.75, 3.05) is 0 Å². The molecule has 0 radical (unpaired) electrons. The lowest BCUT2D eigenvalue weighted by molar-refractivity contribution is 1.26. The molecule has 0 unspecified atom stereocenters. The Kier molecular flexibility index (Phi) is 9.06. The van der Waals surface area contributed by atoms with Gasteiger partial charge in [0.05, 0.1) is 11.4 Å². The summed E-state index contributed by atoms with van der Waals surface area (Å²) >= 11 is 0. The van der Waals surface area contributed by atoms with Crippen molar-refractivity contribution in [1.29, 1.82) is 0 Å². The van der Waals surface area contributed by atoms with E-state index in [-0.39, 0.29) is 13.4 Å². The number of hydrogen-bond acceptors (Lipinski definition) is 4. The van der Waals surface area contributed by atoms with Crippen LogP contribution in [0.1, 0.15) is 79.6 Å². The van der Waals surface area contributed by atoms with Crippen molar-refractivity contribution < 1.29 is 0 Å². The Labute approximate surface area is 288 Å². The molecule has 0 saturated carbocycles. The molecular weight excluding hydrogens is 582 g/mol. The highest BCUT2D eigenvalue weighted by Gasteiger charge is 2.38. The van der Waals surface area contributed by atoms with Gasteiger partial charge in [0.25, 0.3) is 13.4 Å². The standard InChI is InChI=1S/C42H48B2N4/c1-23-13-27(5)39(28(6)14-23)43(40-29(7)15-24(2)16-30(40)8)37-21-35(45-47-37)36-22-38(48-46-36)44(41-31(9)17-25(3)18-32(41)10)42-33(11)19-26(4)20-34(42)12/h13-20H,21-22H2,1-12H3. The van der Waals surface area contributed by atoms with Crippen LogP contribution in [0.5, 0.6) is 0 Å². The van der Waals surface area contributed by atoms with E-state index in [0.29, 0.717) is 12.8 Å². The molecule has 0 atom stereocenters. The third kappa shape index (κ3) is 6.18. The molecule has 0 aromatic heterocycles. The van der Waals surface area contributed by atoms with Crippen LogP contribution in [-0.4, -0.2) is 36.1 Å². The fourth-order valence-corrected chi connectivity index (χ4v) is 8.91. The summed E-state index contributed by atoms with van der Waals surface area (Å²) in [6.07, 6.45) is 1.34. The first kappa shape index (κ1) is 33.6. The van der Waals surface area contributed by atoms with Gasteiger partial charge in [0.1, 0.15) is 0 Å². The van der Waals surface area contributed by atoms with Crippen LogP contribution in [0.3, 0.4) is 0 Å². The van der Waals surface area contributed by atoms with Gasteiger partial charge in [-0.2, -0.15) is 20.4 Å². The molecule has 4 aromatic carbocycles. The summed E-state index contributed by atoms with van der Waals surface area (Å²) in [5.41, 5.74) is 24.9. The van der Waals surface area contributed by atoms with Crippen LogP contribution < -0.4 is 21.9 Å². The van der Waals surface area contributed by atoms with Crippen molar-refractivity contribution in [3.63, 3.8) is 0 Å². The summed E-state index contributed by atoms with van der Waals surface area (Å²) in [4.78, 5) is 0. The van der Waals surface area contributed by atoms with Gasteiger partial charge in [-0.25, -0.2) is 0 Å². The molecule has 0 saturated heterocycles. The van der Waals surface area contributed by atoms with Gasteiger partial charge >= 0.3 is 0 Å². The molecule has 2 aliphatic heterocycles. The molecule has 0 fully saturated rings. The number of rotatable bonds is 7. The monoisotopic (exact) mass is 630 g/mol. The maximum absolute atomic E-state index is 4.96. The third-order valence-electron chi connectivity index (χ3n) is 10.4. The Morgan fingerprint density at radius 2 is 0.542 bits per heavy atom. The van der Waals surface area contributed by atoms with Crippen molar-refractivity contribution in [3.05, 3.63) is 115 Å². The molecule has 0 bridgehead atoms. The minimum Gasteiger partial charge on any atom is -0.168 e. The van der Waals surface area contributed by atoms with Crippen molar-refractivity contribution in [2.24, 2.45) is 20.4 Å². The molecule has 0 aliphatic carbocycles. The molecule has 48 heavy (non-hydrogen) atoms. The number of aryl methyl sites for hydroxylation is 12. The average Bonchev–Trinajstić information content (AvgIpc) is 3.64. The number of hydrogen-bond donors (Lipinski definition) is 0. The lowest BCUT2D eigenvalue weighted by Crippen LogP contribution is -2.54. The molecule has 2 aliphatic rings. The Morgan fingerprint density at radius 3 is 0.750 bits per heavy atom. The van der Waals surface area contributed by atoms with Gasteiger partial charge in [-0.15, -0.1) is 0 Å².